The van der Waals surface area contributed by atoms with E-state index in [1.807, 2.05) is 20.8 Å². The molecule has 8 heteroatoms. The predicted octanol–water partition coefficient (Wildman–Crippen LogP) is 4.06. The molecule has 0 saturated heterocycles. The average Bonchev–Trinajstić information content (AvgIpc) is 2.89. The second kappa shape index (κ2) is 7.74. The van der Waals surface area contributed by atoms with Gasteiger partial charge in [0.25, 0.3) is 10.0 Å². The predicted molar refractivity (Wildman–Crippen MR) is 109 cm³/mol. The molecule has 3 aromatic rings. The van der Waals surface area contributed by atoms with Gasteiger partial charge in [0.15, 0.2) is 0 Å². The monoisotopic (exact) mass is 406 g/mol. The first-order valence-electron chi connectivity index (χ1n) is 8.73. The van der Waals surface area contributed by atoms with E-state index in [1.54, 1.807) is 41.0 Å². The van der Waals surface area contributed by atoms with Crippen molar-refractivity contribution in [2.45, 2.75) is 44.7 Å². The molecule has 0 spiro atoms. The van der Waals surface area contributed by atoms with E-state index < -0.39 is 10.0 Å². The third-order valence-electron chi connectivity index (χ3n) is 3.86. The van der Waals surface area contributed by atoms with Gasteiger partial charge in [0.05, 0.1) is 26.9 Å². The number of nitrogens with one attached hydrogen (secondary N) is 1. The zero-order chi connectivity index (χ0) is 19.6. The number of aryl methyl sites for hydroxylation is 1. The molecule has 0 fully saturated rings. The first kappa shape index (κ1) is 19.4. The Morgan fingerprint density at radius 2 is 1.96 bits per heavy atom. The van der Waals surface area contributed by atoms with Crippen molar-refractivity contribution in [1.29, 1.82) is 0 Å². The third-order valence-corrected chi connectivity index (χ3v) is 6.18. The molecule has 0 aliphatic carbocycles. The Kier molecular flexibility index (Phi) is 5.57. The van der Waals surface area contributed by atoms with Crippen LogP contribution in [-0.4, -0.2) is 19.1 Å². The minimum absolute atomic E-state index is 0.00537. The molecule has 1 heterocycles. The highest BCUT2D eigenvalue weighted by Gasteiger charge is 2.17. The summed E-state index contributed by atoms with van der Waals surface area (Å²) in [5.41, 5.74) is 1.18. The summed E-state index contributed by atoms with van der Waals surface area (Å²) >= 11 is 1.06. The van der Waals surface area contributed by atoms with Crippen molar-refractivity contribution in [2.75, 3.05) is 4.72 Å². The van der Waals surface area contributed by atoms with Gasteiger partial charge in [-0.3, -0.25) is 14.1 Å². The molecule has 6 nitrogen and oxygen atoms in total. The van der Waals surface area contributed by atoms with Gasteiger partial charge in [-0.2, -0.15) is 0 Å². The van der Waals surface area contributed by atoms with Crippen molar-refractivity contribution in [1.82, 2.24) is 4.57 Å². The van der Waals surface area contributed by atoms with Gasteiger partial charge in [-0.1, -0.05) is 24.3 Å². The quantitative estimate of drug-likeness (QED) is 0.642. The van der Waals surface area contributed by atoms with Crippen molar-refractivity contribution in [3.05, 3.63) is 52.1 Å². The van der Waals surface area contributed by atoms with E-state index in [0.717, 1.165) is 23.3 Å². The number of hydrogen-bond donors (Lipinski definition) is 1. The molecule has 0 aliphatic rings. The molecule has 0 amide bonds. The summed E-state index contributed by atoms with van der Waals surface area (Å²) in [6, 6.07) is 11.6. The minimum atomic E-state index is -3.78. The average molecular weight is 407 g/mol. The highest BCUT2D eigenvalue weighted by Crippen LogP contribution is 2.25. The lowest BCUT2D eigenvalue weighted by atomic mass is 10.3. The van der Waals surface area contributed by atoms with Crippen LogP contribution in [0.4, 0.5) is 5.69 Å². The maximum Gasteiger partial charge on any atom is 0.308 e. The molecule has 3 rings (SSSR count). The zero-order valence-corrected chi connectivity index (χ0v) is 17.1. The van der Waals surface area contributed by atoms with E-state index in [1.165, 1.54) is 6.07 Å². The molecule has 0 radical (unpaired) electrons. The van der Waals surface area contributed by atoms with Gasteiger partial charge in [0.2, 0.25) is 0 Å². The van der Waals surface area contributed by atoms with Gasteiger partial charge in [0.1, 0.15) is 5.75 Å². The van der Waals surface area contributed by atoms with Crippen LogP contribution in [0.3, 0.4) is 0 Å². The molecule has 1 N–H and O–H groups in total. The molecule has 0 aliphatic heterocycles. The standard InChI is InChI=1S/C19H22N2O4S2/c1-4-10-21-17-9-8-16(12-18(17)26-19(21)22)27(23,24)20-14-6-5-7-15(11-14)25-13(2)3/h5-9,11-13,20H,4,10H2,1-3H3. The summed E-state index contributed by atoms with van der Waals surface area (Å²) < 4.78 is 36.0. The zero-order valence-electron chi connectivity index (χ0n) is 15.4. The van der Waals surface area contributed by atoms with E-state index in [0.29, 0.717) is 22.7 Å². The second-order valence-corrected chi connectivity index (χ2v) is 9.12. The summed E-state index contributed by atoms with van der Waals surface area (Å²) in [4.78, 5) is 12.2. The minimum Gasteiger partial charge on any atom is -0.491 e. The van der Waals surface area contributed by atoms with Gasteiger partial charge in [-0.15, -0.1) is 0 Å². The molecule has 1 aromatic heterocycles. The van der Waals surface area contributed by atoms with E-state index in [4.69, 9.17) is 4.74 Å². The van der Waals surface area contributed by atoms with Gasteiger partial charge >= 0.3 is 4.87 Å². The molecule has 0 atom stereocenters. The highest BCUT2D eigenvalue weighted by molar-refractivity contribution is 7.92. The van der Waals surface area contributed by atoms with Crippen LogP contribution in [0, 0.1) is 0 Å². The summed E-state index contributed by atoms with van der Waals surface area (Å²) in [7, 11) is -3.78. The van der Waals surface area contributed by atoms with E-state index in [2.05, 4.69) is 4.72 Å². The maximum atomic E-state index is 12.8. The molecule has 0 unspecified atom stereocenters. The highest BCUT2D eigenvalue weighted by atomic mass is 32.2. The Bertz CT molecular complexity index is 1110. The Hall–Kier alpha value is -2.32. The van der Waals surface area contributed by atoms with E-state index in [9.17, 15) is 13.2 Å². The smallest absolute Gasteiger partial charge is 0.308 e. The van der Waals surface area contributed by atoms with Crippen molar-refractivity contribution in [3.63, 3.8) is 0 Å². The van der Waals surface area contributed by atoms with Crippen molar-refractivity contribution in [3.8, 4) is 5.75 Å². The van der Waals surface area contributed by atoms with E-state index >= 15 is 0 Å². The van der Waals surface area contributed by atoms with Crippen LogP contribution in [0.5, 0.6) is 5.75 Å². The first-order chi connectivity index (χ1) is 12.8. The summed E-state index contributed by atoms with van der Waals surface area (Å²) in [6.07, 6.45) is 0.830. The van der Waals surface area contributed by atoms with Crippen LogP contribution >= 0.6 is 11.3 Å². The van der Waals surface area contributed by atoms with Crippen LogP contribution in [0.15, 0.2) is 52.2 Å². The third kappa shape index (κ3) is 4.33. The lowest BCUT2D eigenvalue weighted by Crippen LogP contribution is -2.14. The lowest BCUT2D eigenvalue weighted by Gasteiger charge is -2.12. The Labute approximate surface area is 162 Å². The molecule has 27 heavy (non-hydrogen) atoms. The maximum absolute atomic E-state index is 12.8. The fourth-order valence-electron chi connectivity index (χ4n) is 2.77. The lowest BCUT2D eigenvalue weighted by molar-refractivity contribution is 0.242. The molecular formula is C19H22N2O4S2. The van der Waals surface area contributed by atoms with E-state index in [-0.39, 0.29) is 15.9 Å². The number of fused-ring (bicyclic) bond motifs is 1. The number of thiazole rings is 1. The van der Waals surface area contributed by atoms with Gasteiger partial charge in [-0.25, -0.2) is 8.42 Å². The number of hydrogen-bond acceptors (Lipinski definition) is 5. The number of sulfonamides is 1. The van der Waals surface area contributed by atoms with Crippen molar-refractivity contribution >= 4 is 37.3 Å². The van der Waals surface area contributed by atoms with Crippen LogP contribution in [-0.2, 0) is 16.6 Å². The summed E-state index contributed by atoms with van der Waals surface area (Å²) in [5, 5.41) is 0. The van der Waals surface area contributed by atoms with Gasteiger partial charge < -0.3 is 4.74 Å². The molecule has 0 saturated carbocycles. The molecular weight excluding hydrogens is 384 g/mol. The van der Waals surface area contributed by atoms with Crippen LogP contribution in [0.2, 0.25) is 0 Å². The molecule has 0 bridgehead atoms. The largest absolute Gasteiger partial charge is 0.491 e. The normalized spacial score (nSPS) is 11.9. The number of anilines is 1. The Morgan fingerprint density at radius 1 is 1.19 bits per heavy atom. The fourth-order valence-corrected chi connectivity index (χ4v) is 4.87. The number of aromatic nitrogens is 1. The van der Waals surface area contributed by atoms with Crippen LogP contribution in [0.1, 0.15) is 27.2 Å². The topological polar surface area (TPSA) is 77.4 Å². The van der Waals surface area contributed by atoms with Gasteiger partial charge in [0, 0.05) is 12.6 Å². The Morgan fingerprint density at radius 3 is 2.67 bits per heavy atom. The summed E-state index contributed by atoms with van der Waals surface area (Å²) in [6.45, 7) is 6.42. The number of rotatable bonds is 7. The SMILES string of the molecule is CCCn1c(=O)sc2cc(S(=O)(=O)Nc3cccc(OC(C)C)c3)ccc21. The number of benzene rings is 2. The van der Waals surface area contributed by atoms with Crippen molar-refractivity contribution < 1.29 is 13.2 Å². The summed E-state index contributed by atoms with van der Waals surface area (Å²) in [5.74, 6) is 0.593. The fraction of sp³-hybridized carbons (Fsp3) is 0.316. The first-order valence-corrected chi connectivity index (χ1v) is 11.0. The molecule has 144 valence electrons. The number of ether oxygens (including phenoxy) is 1. The van der Waals surface area contributed by atoms with Crippen LogP contribution in [0.25, 0.3) is 10.2 Å². The van der Waals surface area contributed by atoms with Crippen LogP contribution < -0.4 is 14.3 Å². The van der Waals surface area contributed by atoms with Crippen molar-refractivity contribution in [2.24, 2.45) is 0 Å². The number of nitrogens with zero attached hydrogens (tertiary/aromatic N) is 1. The molecule has 2 aromatic carbocycles. The van der Waals surface area contributed by atoms with Gasteiger partial charge in [-0.05, 0) is 50.6 Å². The Balaban J connectivity index is 1.92. The second-order valence-electron chi connectivity index (χ2n) is 6.45.